The normalized spacial score (nSPS) is 33.0. The lowest BCUT2D eigenvalue weighted by atomic mass is 10.1. The Labute approximate surface area is 139 Å². The van der Waals surface area contributed by atoms with E-state index in [0.29, 0.717) is 11.9 Å². The maximum Gasteiger partial charge on any atom is 0.323 e. The number of carbonyl (C=O) groups is 2. The lowest BCUT2D eigenvalue weighted by Crippen LogP contribution is -2.48. The second-order valence-corrected chi connectivity index (χ2v) is 6.10. The summed E-state index contributed by atoms with van der Waals surface area (Å²) < 4.78 is 36.0. The fourth-order valence-corrected chi connectivity index (χ4v) is 2.80. The highest BCUT2D eigenvalue weighted by molar-refractivity contribution is 5.78. The molecule has 0 aliphatic carbocycles. The monoisotopic (exact) mass is 346 g/mol. The number of aldehydes is 1. The topological polar surface area (TPSA) is 86.3 Å². The summed E-state index contributed by atoms with van der Waals surface area (Å²) >= 11 is 0. The molecule has 2 fully saturated rings. The van der Waals surface area contributed by atoms with Gasteiger partial charge in [-0.2, -0.15) is 0 Å². The summed E-state index contributed by atoms with van der Waals surface area (Å²) in [6.07, 6.45) is -3.34. The third-order valence-electron chi connectivity index (χ3n) is 3.80. The van der Waals surface area contributed by atoms with Gasteiger partial charge in [0.15, 0.2) is 12.0 Å². The summed E-state index contributed by atoms with van der Waals surface area (Å²) in [6.45, 7) is 4.92. The van der Waals surface area contributed by atoms with Crippen molar-refractivity contribution < 1.29 is 32.9 Å². The first-order valence-corrected chi connectivity index (χ1v) is 7.55. The number of rotatable bonds is 5. The molecule has 0 aromatic heterocycles. The van der Waals surface area contributed by atoms with Crippen LogP contribution in [0.4, 0.5) is 9.18 Å². The Hall–Kier alpha value is -1.55. The van der Waals surface area contributed by atoms with Crippen LogP contribution in [0.25, 0.3) is 0 Å². The average Bonchev–Trinajstić information content (AvgIpc) is 3.03. The maximum absolute atomic E-state index is 14.1. The fourth-order valence-electron chi connectivity index (χ4n) is 2.80. The number of allylic oxidation sites excluding steroid dienone is 1. The first-order valence-electron chi connectivity index (χ1n) is 7.55. The highest BCUT2D eigenvalue weighted by Crippen LogP contribution is 2.41. The zero-order valence-corrected chi connectivity index (χ0v) is 14.3. The number of methoxy groups -OCH3 is 1. The summed E-state index contributed by atoms with van der Waals surface area (Å²) in [6, 6.07) is -0.526. The first-order chi connectivity index (χ1) is 11.2. The third kappa shape index (κ3) is 3.59. The van der Waals surface area contributed by atoms with Gasteiger partial charge in [0.05, 0.1) is 0 Å². The van der Waals surface area contributed by atoms with Crippen LogP contribution in [0.15, 0.2) is 11.8 Å². The Balaban J connectivity index is 2.35. The number of ether oxygens (including phenoxy) is 4. The van der Waals surface area contributed by atoms with Crippen LogP contribution in [0.5, 0.6) is 0 Å². The number of carbonyl (C=O) groups excluding carboxylic acids is 2. The Bertz CT molecular complexity index is 526. The molecular formula is C15H23FN2O6. The van der Waals surface area contributed by atoms with Gasteiger partial charge in [-0.15, -0.1) is 0 Å². The van der Waals surface area contributed by atoms with Gasteiger partial charge in [0.1, 0.15) is 24.6 Å². The van der Waals surface area contributed by atoms with E-state index < -0.39 is 42.7 Å². The van der Waals surface area contributed by atoms with E-state index in [9.17, 15) is 14.0 Å². The summed E-state index contributed by atoms with van der Waals surface area (Å²) in [5.74, 6) is -0.957. The zero-order valence-electron chi connectivity index (χ0n) is 14.3. The van der Waals surface area contributed by atoms with Crippen LogP contribution in [0, 0.1) is 0 Å². The molecule has 2 saturated heterocycles. The predicted molar refractivity (Wildman–Crippen MR) is 80.5 cm³/mol. The Kier molecular flexibility index (Phi) is 5.59. The van der Waals surface area contributed by atoms with Crippen LogP contribution in [-0.4, -0.2) is 68.1 Å². The van der Waals surface area contributed by atoms with Gasteiger partial charge in [-0.25, -0.2) is 9.18 Å². The van der Waals surface area contributed by atoms with Crippen molar-refractivity contribution in [3.8, 4) is 0 Å². The molecule has 0 aromatic rings. The minimum absolute atomic E-state index is 0.295. The van der Waals surface area contributed by atoms with Crippen molar-refractivity contribution in [1.82, 2.24) is 10.2 Å². The summed E-state index contributed by atoms with van der Waals surface area (Å²) in [5.41, 5.74) is 0.295. The number of nitrogens with zero attached hydrogens (tertiary/aromatic N) is 1. The van der Waals surface area contributed by atoms with Gasteiger partial charge in [0, 0.05) is 25.9 Å². The van der Waals surface area contributed by atoms with Crippen LogP contribution < -0.4 is 5.32 Å². The minimum Gasteiger partial charge on any atom is -0.349 e. The van der Waals surface area contributed by atoms with E-state index in [1.165, 1.54) is 27.3 Å². The zero-order chi connectivity index (χ0) is 18.1. The minimum atomic E-state index is -1.75. The molecule has 0 radical (unpaired) electrons. The Morgan fingerprint density at radius 1 is 1.38 bits per heavy atom. The summed E-state index contributed by atoms with van der Waals surface area (Å²) in [5, 5.41) is 2.46. The molecule has 1 N–H and O–H groups in total. The molecule has 9 heteroatoms. The van der Waals surface area contributed by atoms with E-state index in [-0.39, 0.29) is 0 Å². The predicted octanol–water partition coefficient (Wildman–Crippen LogP) is 0.917. The molecule has 2 heterocycles. The van der Waals surface area contributed by atoms with Crippen LogP contribution in [0.3, 0.4) is 0 Å². The summed E-state index contributed by atoms with van der Waals surface area (Å²) in [7, 11) is 2.65. The van der Waals surface area contributed by atoms with Gasteiger partial charge < -0.3 is 24.3 Å². The fraction of sp³-hybridized carbons (Fsp3) is 0.733. The highest BCUT2D eigenvalue weighted by Gasteiger charge is 2.59. The number of hydrogen-bond donors (Lipinski definition) is 1. The Morgan fingerprint density at radius 3 is 2.54 bits per heavy atom. The molecule has 2 amide bonds. The highest BCUT2D eigenvalue weighted by atomic mass is 19.1. The molecule has 136 valence electrons. The first kappa shape index (κ1) is 18.8. The number of halogens is 1. The van der Waals surface area contributed by atoms with Crippen LogP contribution in [-0.2, 0) is 23.7 Å². The molecule has 0 spiro atoms. The smallest absolute Gasteiger partial charge is 0.323 e. The molecular weight excluding hydrogens is 323 g/mol. The number of urea groups is 1. The SMILES string of the molecule is CNC(=O)N(/C=C(/C)C=O)[C@@H]1O[C@H]([C@@H](F)OC)[C@H]2OC(C)(C)O[C@H]21. The van der Waals surface area contributed by atoms with Crippen molar-refractivity contribution in [3.05, 3.63) is 11.8 Å². The lowest BCUT2D eigenvalue weighted by Gasteiger charge is -2.30. The maximum atomic E-state index is 14.1. The second kappa shape index (κ2) is 7.14. The van der Waals surface area contributed by atoms with Crippen molar-refractivity contribution in [3.63, 3.8) is 0 Å². The van der Waals surface area contributed by atoms with Gasteiger partial charge >= 0.3 is 6.03 Å². The lowest BCUT2D eigenvalue weighted by molar-refractivity contribution is -0.222. The molecule has 5 atom stereocenters. The van der Waals surface area contributed by atoms with Crippen LogP contribution in [0.2, 0.25) is 0 Å². The molecule has 0 saturated carbocycles. The van der Waals surface area contributed by atoms with Crippen molar-refractivity contribution in [2.45, 2.75) is 57.5 Å². The number of hydrogen-bond acceptors (Lipinski definition) is 6. The van der Waals surface area contributed by atoms with Gasteiger partial charge in [0.25, 0.3) is 0 Å². The largest absolute Gasteiger partial charge is 0.349 e. The number of fused-ring (bicyclic) bond motifs is 1. The quantitative estimate of drug-likeness (QED) is 0.588. The Morgan fingerprint density at radius 2 is 2.00 bits per heavy atom. The van der Waals surface area contributed by atoms with Gasteiger partial charge in [-0.1, -0.05) is 0 Å². The molecule has 2 aliphatic rings. The molecule has 0 unspecified atom stereocenters. The van der Waals surface area contributed by atoms with Crippen molar-refractivity contribution in [2.24, 2.45) is 0 Å². The third-order valence-corrected chi connectivity index (χ3v) is 3.80. The van der Waals surface area contributed by atoms with Crippen molar-refractivity contribution in [1.29, 1.82) is 0 Å². The molecule has 8 nitrogen and oxygen atoms in total. The van der Waals surface area contributed by atoms with Crippen LogP contribution in [0.1, 0.15) is 20.8 Å². The van der Waals surface area contributed by atoms with Crippen molar-refractivity contribution >= 4 is 12.3 Å². The van der Waals surface area contributed by atoms with E-state index in [1.807, 2.05) is 0 Å². The van der Waals surface area contributed by atoms with E-state index in [1.54, 1.807) is 13.8 Å². The van der Waals surface area contributed by atoms with Gasteiger partial charge in [-0.3, -0.25) is 9.69 Å². The van der Waals surface area contributed by atoms with E-state index in [0.717, 1.165) is 4.90 Å². The van der Waals surface area contributed by atoms with Crippen molar-refractivity contribution in [2.75, 3.05) is 14.2 Å². The van der Waals surface area contributed by atoms with Crippen LogP contribution >= 0.6 is 0 Å². The average molecular weight is 346 g/mol. The second-order valence-electron chi connectivity index (χ2n) is 6.10. The van der Waals surface area contributed by atoms with E-state index in [4.69, 9.17) is 18.9 Å². The molecule has 0 aromatic carbocycles. The molecule has 24 heavy (non-hydrogen) atoms. The van der Waals surface area contributed by atoms with E-state index >= 15 is 0 Å². The molecule has 0 bridgehead atoms. The standard InChI is InChI=1S/C15H23FN2O6/c1-8(7-19)6-18(14(20)17-4)13-11-9(23-15(2,3)24-11)10(22-13)12(16)21-5/h6-7,9-13H,1-5H3,(H,17,20)/b8-6-/t9-,10+,11-,12+,13-/m1/s1. The number of alkyl halides is 1. The molecule has 2 rings (SSSR count). The number of nitrogens with one attached hydrogen (secondary N) is 1. The van der Waals surface area contributed by atoms with Gasteiger partial charge in [-0.05, 0) is 20.8 Å². The van der Waals surface area contributed by atoms with Gasteiger partial charge in [0.2, 0.25) is 6.36 Å². The molecule has 2 aliphatic heterocycles. The number of amides is 2. The van der Waals surface area contributed by atoms with E-state index in [2.05, 4.69) is 5.32 Å². The summed E-state index contributed by atoms with van der Waals surface area (Å²) in [4.78, 5) is 24.3.